The number of halogens is 1. The lowest BCUT2D eigenvalue weighted by Gasteiger charge is -2.24. The summed E-state index contributed by atoms with van der Waals surface area (Å²) in [6.45, 7) is 5.10. The smallest absolute Gasteiger partial charge is 0.257 e. The third-order valence-electron chi connectivity index (χ3n) is 5.31. The van der Waals surface area contributed by atoms with Crippen LogP contribution in [0, 0.1) is 12.7 Å². The van der Waals surface area contributed by atoms with E-state index in [2.05, 4.69) is 46.4 Å². The van der Waals surface area contributed by atoms with Crippen molar-refractivity contribution in [3.05, 3.63) is 83.8 Å². The van der Waals surface area contributed by atoms with Crippen molar-refractivity contribution >= 4 is 23.1 Å². The average Bonchev–Trinajstić information content (AvgIpc) is 3.01. The highest BCUT2D eigenvalue weighted by molar-refractivity contribution is 5.99. The summed E-state index contributed by atoms with van der Waals surface area (Å²) in [5, 5.41) is 3.08. The predicted octanol–water partition coefficient (Wildman–Crippen LogP) is 4.63. The molecule has 0 unspecified atom stereocenters. The van der Waals surface area contributed by atoms with Crippen LogP contribution in [0.4, 0.5) is 21.6 Å². The van der Waals surface area contributed by atoms with E-state index in [0.29, 0.717) is 30.2 Å². The SMILES string of the molecule is Cc1ccc(N2CCCN(C(=O)c3cccnc3Nc3cccc(F)c3)CC2)cc1. The van der Waals surface area contributed by atoms with Crippen LogP contribution in [0.5, 0.6) is 0 Å². The number of pyridine rings is 1. The van der Waals surface area contributed by atoms with E-state index in [4.69, 9.17) is 0 Å². The van der Waals surface area contributed by atoms with Gasteiger partial charge in [0.1, 0.15) is 11.6 Å². The van der Waals surface area contributed by atoms with E-state index in [1.165, 1.54) is 23.4 Å². The standard InChI is InChI=1S/C24H25FN4O/c1-18-8-10-21(11-9-18)28-13-4-14-29(16-15-28)24(30)22-7-3-12-26-23(22)27-20-6-2-5-19(25)17-20/h2-3,5-12,17H,4,13-16H2,1H3,(H,26,27). The maximum absolute atomic E-state index is 13.5. The summed E-state index contributed by atoms with van der Waals surface area (Å²) >= 11 is 0. The summed E-state index contributed by atoms with van der Waals surface area (Å²) in [6.07, 6.45) is 2.52. The molecule has 6 heteroatoms. The molecule has 0 atom stereocenters. The van der Waals surface area contributed by atoms with Crippen molar-refractivity contribution in [1.82, 2.24) is 9.88 Å². The summed E-state index contributed by atoms with van der Waals surface area (Å²) in [6, 6.07) is 18.1. The molecule has 30 heavy (non-hydrogen) atoms. The van der Waals surface area contributed by atoms with Gasteiger partial charge in [0.2, 0.25) is 0 Å². The van der Waals surface area contributed by atoms with E-state index in [1.54, 1.807) is 30.5 Å². The quantitative estimate of drug-likeness (QED) is 0.689. The van der Waals surface area contributed by atoms with Crippen molar-refractivity contribution in [1.29, 1.82) is 0 Å². The first-order chi connectivity index (χ1) is 14.6. The minimum atomic E-state index is -0.340. The van der Waals surface area contributed by atoms with Crippen molar-refractivity contribution in [2.24, 2.45) is 0 Å². The molecule has 0 spiro atoms. The molecule has 5 nitrogen and oxygen atoms in total. The highest BCUT2D eigenvalue weighted by Crippen LogP contribution is 2.22. The van der Waals surface area contributed by atoms with Crippen LogP contribution in [0.2, 0.25) is 0 Å². The maximum Gasteiger partial charge on any atom is 0.257 e. The number of aryl methyl sites for hydroxylation is 1. The van der Waals surface area contributed by atoms with Crippen LogP contribution in [-0.4, -0.2) is 42.0 Å². The van der Waals surface area contributed by atoms with Gasteiger partial charge < -0.3 is 15.1 Å². The molecule has 0 radical (unpaired) electrons. The molecule has 0 bridgehead atoms. The fourth-order valence-electron chi connectivity index (χ4n) is 3.69. The van der Waals surface area contributed by atoms with Gasteiger partial charge in [0.05, 0.1) is 5.56 Å². The minimum absolute atomic E-state index is 0.0623. The van der Waals surface area contributed by atoms with E-state index < -0.39 is 0 Å². The largest absolute Gasteiger partial charge is 0.370 e. The van der Waals surface area contributed by atoms with E-state index in [9.17, 15) is 9.18 Å². The van der Waals surface area contributed by atoms with E-state index in [0.717, 1.165) is 19.5 Å². The highest BCUT2D eigenvalue weighted by Gasteiger charge is 2.23. The molecule has 2 heterocycles. The molecule has 1 aliphatic heterocycles. The number of carbonyl (C=O) groups is 1. The molecule has 154 valence electrons. The van der Waals surface area contributed by atoms with Gasteiger partial charge in [-0.2, -0.15) is 0 Å². The number of anilines is 3. The van der Waals surface area contributed by atoms with E-state index >= 15 is 0 Å². The number of rotatable bonds is 4. The fourth-order valence-corrected chi connectivity index (χ4v) is 3.69. The Kier molecular flexibility index (Phi) is 5.93. The lowest BCUT2D eigenvalue weighted by Crippen LogP contribution is -2.35. The van der Waals surface area contributed by atoms with Crippen LogP contribution in [-0.2, 0) is 0 Å². The second kappa shape index (κ2) is 8.95. The van der Waals surface area contributed by atoms with Crippen molar-refractivity contribution in [3.63, 3.8) is 0 Å². The van der Waals surface area contributed by atoms with Crippen LogP contribution >= 0.6 is 0 Å². The molecule has 1 N–H and O–H groups in total. The van der Waals surface area contributed by atoms with Crippen molar-refractivity contribution in [2.75, 3.05) is 36.4 Å². The maximum atomic E-state index is 13.5. The summed E-state index contributed by atoms with van der Waals surface area (Å²) < 4.78 is 13.5. The number of nitrogens with one attached hydrogen (secondary N) is 1. The molecular weight excluding hydrogens is 379 g/mol. The zero-order valence-electron chi connectivity index (χ0n) is 17.0. The normalized spacial score (nSPS) is 14.3. The Labute approximate surface area is 176 Å². The van der Waals surface area contributed by atoms with Gasteiger partial charge in [-0.1, -0.05) is 23.8 Å². The van der Waals surface area contributed by atoms with Crippen LogP contribution in [0.25, 0.3) is 0 Å². The third kappa shape index (κ3) is 4.59. The molecule has 3 aromatic rings. The zero-order valence-corrected chi connectivity index (χ0v) is 17.0. The van der Waals surface area contributed by atoms with Crippen LogP contribution in [0.15, 0.2) is 66.9 Å². The molecule has 4 rings (SSSR count). The topological polar surface area (TPSA) is 48.5 Å². The summed E-state index contributed by atoms with van der Waals surface area (Å²) in [5.41, 5.74) is 3.47. The number of hydrogen-bond acceptors (Lipinski definition) is 4. The molecule has 1 fully saturated rings. The van der Waals surface area contributed by atoms with Crippen LogP contribution in [0.3, 0.4) is 0 Å². The first kappa shape index (κ1) is 19.9. The molecule has 0 aliphatic carbocycles. The number of hydrogen-bond donors (Lipinski definition) is 1. The number of amides is 1. The molecule has 1 saturated heterocycles. The Morgan fingerprint density at radius 3 is 2.63 bits per heavy atom. The van der Waals surface area contributed by atoms with E-state index in [1.807, 2.05) is 4.90 Å². The number of carbonyl (C=O) groups excluding carboxylic acids is 1. The molecule has 0 saturated carbocycles. The molecular formula is C24H25FN4O. The minimum Gasteiger partial charge on any atom is -0.370 e. The zero-order chi connectivity index (χ0) is 20.9. The third-order valence-corrected chi connectivity index (χ3v) is 5.31. The predicted molar refractivity (Wildman–Crippen MR) is 118 cm³/mol. The van der Waals surface area contributed by atoms with Gasteiger partial charge in [0.25, 0.3) is 5.91 Å². The molecule has 1 amide bonds. The highest BCUT2D eigenvalue weighted by atomic mass is 19.1. The summed E-state index contributed by atoms with van der Waals surface area (Å²) in [7, 11) is 0. The van der Waals surface area contributed by atoms with Crippen LogP contribution < -0.4 is 10.2 Å². The van der Waals surface area contributed by atoms with Gasteiger partial charge in [0, 0.05) is 43.8 Å². The Bertz CT molecular complexity index is 1020. The van der Waals surface area contributed by atoms with Crippen molar-refractivity contribution < 1.29 is 9.18 Å². The second-order valence-electron chi connectivity index (χ2n) is 7.50. The Morgan fingerprint density at radius 1 is 1.00 bits per heavy atom. The van der Waals surface area contributed by atoms with Gasteiger partial charge in [-0.3, -0.25) is 4.79 Å². The van der Waals surface area contributed by atoms with Gasteiger partial charge in [-0.15, -0.1) is 0 Å². The second-order valence-corrected chi connectivity index (χ2v) is 7.50. The average molecular weight is 404 g/mol. The van der Waals surface area contributed by atoms with Crippen molar-refractivity contribution in [2.45, 2.75) is 13.3 Å². The molecule has 1 aromatic heterocycles. The van der Waals surface area contributed by atoms with Crippen molar-refractivity contribution in [3.8, 4) is 0 Å². The summed E-state index contributed by atoms with van der Waals surface area (Å²) in [4.78, 5) is 21.8. The number of aromatic nitrogens is 1. The first-order valence-electron chi connectivity index (χ1n) is 10.2. The number of benzene rings is 2. The Hall–Kier alpha value is -3.41. The fraction of sp³-hybridized carbons (Fsp3) is 0.250. The van der Waals surface area contributed by atoms with Gasteiger partial charge >= 0.3 is 0 Å². The first-order valence-corrected chi connectivity index (χ1v) is 10.2. The molecule has 2 aromatic carbocycles. The van der Waals surface area contributed by atoms with Gasteiger partial charge in [0.15, 0.2) is 0 Å². The number of nitrogens with zero attached hydrogens (tertiary/aromatic N) is 3. The molecule has 1 aliphatic rings. The van der Waals surface area contributed by atoms with Gasteiger partial charge in [-0.05, 0) is 55.8 Å². The Balaban J connectivity index is 1.49. The van der Waals surface area contributed by atoms with E-state index in [-0.39, 0.29) is 11.7 Å². The monoisotopic (exact) mass is 404 g/mol. The Morgan fingerprint density at radius 2 is 1.83 bits per heavy atom. The summed E-state index contributed by atoms with van der Waals surface area (Å²) in [5.74, 6) is 0.0352. The van der Waals surface area contributed by atoms with Crippen LogP contribution in [0.1, 0.15) is 22.3 Å². The lowest BCUT2D eigenvalue weighted by atomic mass is 10.2. The van der Waals surface area contributed by atoms with Gasteiger partial charge in [-0.25, -0.2) is 9.37 Å². The lowest BCUT2D eigenvalue weighted by molar-refractivity contribution is 0.0767.